The molecule has 1 heterocycles. The van der Waals surface area contributed by atoms with Gasteiger partial charge in [0.05, 0.1) is 11.1 Å². The molecule has 0 atom stereocenters. The van der Waals surface area contributed by atoms with E-state index in [1.807, 2.05) is 0 Å². The van der Waals surface area contributed by atoms with Crippen LogP contribution in [0.4, 0.5) is 5.69 Å². The van der Waals surface area contributed by atoms with E-state index in [9.17, 15) is 14.7 Å². The summed E-state index contributed by atoms with van der Waals surface area (Å²) in [6, 6.07) is 5.12. The molecule has 0 aliphatic carbocycles. The molecule has 1 aromatic rings. The molecule has 2 rings (SSSR count). The van der Waals surface area contributed by atoms with E-state index >= 15 is 0 Å². The lowest BCUT2D eigenvalue weighted by molar-refractivity contribution is -0.142. The Morgan fingerprint density at radius 1 is 1.44 bits per heavy atom. The Kier molecular flexibility index (Phi) is 2.77. The highest BCUT2D eigenvalue weighted by molar-refractivity contribution is 5.97. The van der Waals surface area contributed by atoms with Gasteiger partial charge in [-0.15, -0.1) is 0 Å². The highest BCUT2D eigenvalue weighted by Gasteiger charge is 2.32. The average Bonchev–Trinajstić information content (AvgIpc) is 2.33. The normalized spacial score (nSPS) is 15.1. The lowest BCUT2D eigenvalue weighted by Crippen LogP contribution is -2.36. The highest BCUT2D eigenvalue weighted by atomic mass is 16.5. The molecule has 0 saturated carbocycles. The molecule has 96 valence electrons. The molecule has 1 aliphatic heterocycles. The van der Waals surface area contributed by atoms with Gasteiger partial charge in [0.2, 0.25) is 0 Å². The number of ether oxygens (including phenoxy) is 1. The van der Waals surface area contributed by atoms with Crippen molar-refractivity contribution in [2.75, 3.05) is 18.6 Å². The van der Waals surface area contributed by atoms with Crippen molar-refractivity contribution in [3.05, 3.63) is 23.8 Å². The first kappa shape index (κ1) is 12.4. The zero-order valence-corrected chi connectivity index (χ0v) is 10.6. The smallest absolute Gasteiger partial charge is 0.313 e. The van der Waals surface area contributed by atoms with E-state index in [1.54, 1.807) is 39.1 Å². The standard InChI is InChI=1S/C13H15NO4/c1-13(2,12(16)17)8-4-5-10-9(6-8)14(3)11(15)7-18-10/h4-6H,7H2,1-3H3,(H,16,17). The summed E-state index contributed by atoms with van der Waals surface area (Å²) in [6.07, 6.45) is 0. The summed E-state index contributed by atoms with van der Waals surface area (Å²) in [5.41, 5.74) is 0.244. The zero-order valence-electron chi connectivity index (χ0n) is 10.6. The van der Waals surface area contributed by atoms with Crippen molar-refractivity contribution in [2.45, 2.75) is 19.3 Å². The number of amides is 1. The number of carboxylic acids is 1. The molecule has 0 fully saturated rings. The fraction of sp³-hybridized carbons (Fsp3) is 0.385. The molecule has 0 spiro atoms. The lowest BCUT2D eigenvalue weighted by atomic mass is 9.84. The Labute approximate surface area is 105 Å². The minimum Gasteiger partial charge on any atom is -0.482 e. The zero-order chi connectivity index (χ0) is 13.5. The monoisotopic (exact) mass is 249 g/mol. The summed E-state index contributed by atoms with van der Waals surface area (Å²) in [6.45, 7) is 3.27. The van der Waals surface area contributed by atoms with Crippen LogP contribution in [0.3, 0.4) is 0 Å². The first-order valence-corrected chi connectivity index (χ1v) is 5.61. The van der Waals surface area contributed by atoms with Crippen molar-refractivity contribution in [3.63, 3.8) is 0 Å². The topological polar surface area (TPSA) is 66.8 Å². The maximum Gasteiger partial charge on any atom is 0.313 e. The van der Waals surface area contributed by atoms with Crippen LogP contribution in [0.5, 0.6) is 5.75 Å². The van der Waals surface area contributed by atoms with Crippen LogP contribution in [-0.4, -0.2) is 30.6 Å². The minimum atomic E-state index is -1.00. The molecule has 5 heteroatoms. The third-order valence-corrected chi connectivity index (χ3v) is 3.30. The van der Waals surface area contributed by atoms with Crippen LogP contribution < -0.4 is 9.64 Å². The number of aliphatic carboxylic acids is 1. The summed E-state index contributed by atoms with van der Waals surface area (Å²) >= 11 is 0. The average molecular weight is 249 g/mol. The van der Waals surface area contributed by atoms with Gasteiger partial charge < -0.3 is 14.7 Å². The molecule has 0 unspecified atom stereocenters. The number of carbonyl (C=O) groups excluding carboxylic acids is 1. The second kappa shape index (κ2) is 4.01. The van der Waals surface area contributed by atoms with Crippen molar-refractivity contribution in [3.8, 4) is 5.75 Å². The van der Waals surface area contributed by atoms with Crippen LogP contribution in [0.1, 0.15) is 19.4 Å². The Hall–Kier alpha value is -2.04. The third-order valence-electron chi connectivity index (χ3n) is 3.30. The van der Waals surface area contributed by atoms with Gasteiger partial charge in [-0.3, -0.25) is 9.59 Å². The van der Waals surface area contributed by atoms with Crippen LogP contribution in [-0.2, 0) is 15.0 Å². The van der Waals surface area contributed by atoms with E-state index in [1.165, 1.54) is 4.90 Å². The van der Waals surface area contributed by atoms with Gasteiger partial charge >= 0.3 is 5.97 Å². The van der Waals surface area contributed by atoms with Crippen LogP contribution in [0.2, 0.25) is 0 Å². The van der Waals surface area contributed by atoms with Gasteiger partial charge in [-0.25, -0.2) is 0 Å². The van der Waals surface area contributed by atoms with Crippen molar-refractivity contribution < 1.29 is 19.4 Å². The van der Waals surface area contributed by atoms with E-state index in [0.29, 0.717) is 17.0 Å². The van der Waals surface area contributed by atoms with Crippen molar-refractivity contribution in [2.24, 2.45) is 0 Å². The van der Waals surface area contributed by atoms with Crippen LogP contribution in [0, 0.1) is 0 Å². The van der Waals surface area contributed by atoms with Crippen molar-refractivity contribution >= 4 is 17.6 Å². The Bertz CT molecular complexity index is 522. The number of anilines is 1. The molecule has 0 bridgehead atoms. The van der Waals surface area contributed by atoms with E-state index in [2.05, 4.69) is 0 Å². The first-order valence-electron chi connectivity index (χ1n) is 5.61. The molecule has 0 radical (unpaired) electrons. The van der Waals surface area contributed by atoms with Crippen molar-refractivity contribution in [1.29, 1.82) is 0 Å². The summed E-state index contributed by atoms with van der Waals surface area (Å²) in [7, 11) is 1.65. The fourth-order valence-electron chi connectivity index (χ4n) is 1.78. The van der Waals surface area contributed by atoms with Gasteiger partial charge in [-0.05, 0) is 31.5 Å². The number of nitrogens with zero attached hydrogens (tertiary/aromatic N) is 1. The molecule has 1 aromatic carbocycles. The molecule has 1 N–H and O–H groups in total. The van der Waals surface area contributed by atoms with E-state index in [0.717, 1.165) is 0 Å². The maximum absolute atomic E-state index is 11.5. The molecular formula is C13H15NO4. The van der Waals surface area contributed by atoms with Gasteiger partial charge in [0.25, 0.3) is 5.91 Å². The molecular weight excluding hydrogens is 234 g/mol. The highest BCUT2D eigenvalue weighted by Crippen LogP contribution is 2.35. The molecule has 1 aliphatic rings. The molecule has 0 aromatic heterocycles. The summed E-state index contributed by atoms with van der Waals surface area (Å²) in [4.78, 5) is 24.2. The lowest BCUT2D eigenvalue weighted by Gasteiger charge is -2.28. The first-order chi connectivity index (χ1) is 8.34. The Morgan fingerprint density at radius 3 is 2.72 bits per heavy atom. The SMILES string of the molecule is CN1C(=O)COc2ccc(C(C)(C)C(=O)O)cc21. The van der Waals surface area contributed by atoms with E-state index in [-0.39, 0.29) is 12.5 Å². The molecule has 18 heavy (non-hydrogen) atoms. The van der Waals surface area contributed by atoms with Gasteiger partial charge in [0, 0.05) is 7.05 Å². The van der Waals surface area contributed by atoms with Gasteiger partial charge in [0.1, 0.15) is 5.75 Å². The minimum absolute atomic E-state index is 0.0190. The fourth-order valence-corrected chi connectivity index (χ4v) is 1.78. The third kappa shape index (κ3) is 1.81. The largest absolute Gasteiger partial charge is 0.482 e. The van der Waals surface area contributed by atoms with Gasteiger partial charge in [-0.2, -0.15) is 0 Å². The summed E-state index contributed by atoms with van der Waals surface area (Å²) in [5, 5.41) is 9.20. The number of likely N-dealkylation sites (N-methyl/N-ethyl adjacent to an activating group) is 1. The van der Waals surface area contributed by atoms with Crippen LogP contribution in [0.25, 0.3) is 0 Å². The van der Waals surface area contributed by atoms with Gasteiger partial charge in [0.15, 0.2) is 6.61 Å². The number of benzene rings is 1. The quantitative estimate of drug-likeness (QED) is 0.860. The van der Waals surface area contributed by atoms with Crippen LogP contribution >= 0.6 is 0 Å². The Morgan fingerprint density at radius 2 is 2.11 bits per heavy atom. The number of carbonyl (C=O) groups is 2. The predicted molar refractivity (Wildman–Crippen MR) is 66.0 cm³/mol. The van der Waals surface area contributed by atoms with Crippen LogP contribution in [0.15, 0.2) is 18.2 Å². The maximum atomic E-state index is 11.5. The molecule has 5 nitrogen and oxygen atoms in total. The number of hydrogen-bond acceptors (Lipinski definition) is 3. The summed E-state index contributed by atoms with van der Waals surface area (Å²) in [5.74, 6) is -0.456. The summed E-state index contributed by atoms with van der Waals surface area (Å²) < 4.78 is 5.30. The number of rotatable bonds is 2. The second-order valence-corrected chi connectivity index (χ2v) is 4.85. The Balaban J connectivity index is 2.50. The number of carboxylic acid groups (broad SMARTS) is 1. The second-order valence-electron chi connectivity index (χ2n) is 4.85. The number of hydrogen-bond donors (Lipinski definition) is 1. The predicted octanol–water partition coefficient (Wildman–Crippen LogP) is 1.40. The number of fused-ring (bicyclic) bond motifs is 1. The van der Waals surface area contributed by atoms with E-state index in [4.69, 9.17) is 4.74 Å². The van der Waals surface area contributed by atoms with Crippen molar-refractivity contribution in [1.82, 2.24) is 0 Å². The van der Waals surface area contributed by atoms with Gasteiger partial charge in [-0.1, -0.05) is 6.07 Å². The molecule has 0 saturated heterocycles. The van der Waals surface area contributed by atoms with E-state index < -0.39 is 11.4 Å². The molecule has 1 amide bonds.